The second-order valence-electron chi connectivity index (χ2n) is 3.30. The zero-order chi connectivity index (χ0) is 12.5. The van der Waals surface area contributed by atoms with Gasteiger partial charge in [-0.05, 0) is 12.1 Å². The summed E-state index contributed by atoms with van der Waals surface area (Å²) in [5.41, 5.74) is 0.555. The molecule has 0 saturated carbocycles. The molecule has 0 N–H and O–H groups in total. The molecule has 1 fully saturated rings. The minimum atomic E-state index is -1.41. The average molecular weight is 253 g/mol. The lowest BCUT2D eigenvalue weighted by Crippen LogP contribution is -2.47. The fourth-order valence-electron chi connectivity index (χ4n) is 1.62. The monoisotopic (exact) mass is 253 g/mol. The molecule has 1 saturated heterocycles. The molecule has 1 aliphatic rings. The normalized spacial score (nSPS) is 18.8. The fourth-order valence-corrected chi connectivity index (χ4v) is 2.48. The van der Waals surface area contributed by atoms with E-state index in [4.69, 9.17) is 9.47 Å². The van der Waals surface area contributed by atoms with Crippen molar-refractivity contribution in [2.75, 3.05) is 19.1 Å². The molecule has 0 unspecified atom stereocenters. The van der Waals surface area contributed by atoms with Crippen LogP contribution in [0.1, 0.15) is 0 Å². The van der Waals surface area contributed by atoms with Crippen molar-refractivity contribution in [1.29, 1.82) is 0 Å². The number of rotatable bonds is 3. The Hall–Kier alpha value is -1.37. The van der Waals surface area contributed by atoms with E-state index in [-0.39, 0.29) is 0 Å². The van der Waals surface area contributed by atoms with Gasteiger partial charge in [-0.15, -0.1) is 0 Å². The van der Waals surface area contributed by atoms with Gasteiger partial charge in [-0.3, -0.25) is 9.59 Å². The van der Waals surface area contributed by atoms with Crippen molar-refractivity contribution in [3.63, 3.8) is 0 Å². The summed E-state index contributed by atoms with van der Waals surface area (Å²) in [5, 5.41) is -2.01. The smallest absolute Gasteiger partial charge is 0.319 e. The zero-order valence-electron chi connectivity index (χ0n) is 9.38. The molecule has 1 amide bonds. The van der Waals surface area contributed by atoms with Crippen LogP contribution in [0.4, 0.5) is 5.69 Å². The molecule has 1 aromatic rings. The van der Waals surface area contributed by atoms with Crippen LogP contribution in [0.15, 0.2) is 30.3 Å². The molecular formula is C11H11NO4S. The highest BCUT2D eigenvalue weighted by molar-refractivity contribution is 8.17. The summed E-state index contributed by atoms with van der Waals surface area (Å²) in [6.07, 6.45) is 0. The van der Waals surface area contributed by atoms with Gasteiger partial charge in [-0.1, -0.05) is 18.2 Å². The van der Waals surface area contributed by atoms with Crippen LogP contribution in [-0.4, -0.2) is 30.5 Å². The molecule has 0 aromatic heterocycles. The van der Waals surface area contributed by atoms with Crippen LogP contribution in [0.2, 0.25) is 0 Å². The minimum Gasteiger partial charge on any atom is -0.327 e. The summed E-state index contributed by atoms with van der Waals surface area (Å²) in [6.45, 7) is 0. The molecule has 6 heteroatoms. The van der Waals surface area contributed by atoms with E-state index in [1.54, 1.807) is 24.3 Å². The van der Waals surface area contributed by atoms with Gasteiger partial charge in [0.2, 0.25) is 0 Å². The van der Waals surface area contributed by atoms with Crippen molar-refractivity contribution in [3.8, 4) is 0 Å². The van der Waals surface area contributed by atoms with E-state index in [2.05, 4.69) is 0 Å². The summed E-state index contributed by atoms with van der Waals surface area (Å²) in [6, 6.07) is 8.78. The van der Waals surface area contributed by atoms with Gasteiger partial charge in [-0.2, -0.15) is 0 Å². The molecular weight excluding hydrogens is 242 g/mol. The lowest BCUT2D eigenvalue weighted by Gasteiger charge is -2.32. The Kier molecular flexibility index (Phi) is 3.19. The van der Waals surface area contributed by atoms with E-state index >= 15 is 0 Å². The van der Waals surface area contributed by atoms with Gasteiger partial charge in [0.1, 0.15) is 0 Å². The van der Waals surface area contributed by atoms with Crippen LogP contribution in [0, 0.1) is 0 Å². The number of methoxy groups -OCH3 is 2. The van der Waals surface area contributed by atoms with Crippen LogP contribution >= 0.6 is 11.8 Å². The van der Waals surface area contributed by atoms with Crippen molar-refractivity contribution < 1.29 is 19.1 Å². The van der Waals surface area contributed by atoms with E-state index < -0.39 is 16.3 Å². The molecule has 17 heavy (non-hydrogen) atoms. The first-order chi connectivity index (χ1) is 8.14. The number of thioether (sulfide) groups is 1. The quantitative estimate of drug-likeness (QED) is 0.598. The maximum atomic E-state index is 11.8. The average Bonchev–Trinajstić information content (AvgIpc) is 2.63. The topological polar surface area (TPSA) is 55.8 Å². The fraction of sp³-hybridized carbons (Fsp3) is 0.273. The molecule has 0 atom stereocenters. The summed E-state index contributed by atoms with van der Waals surface area (Å²) in [4.78, 5) is 24.5. The number of nitrogens with zero attached hydrogens (tertiary/aromatic N) is 1. The van der Waals surface area contributed by atoms with Gasteiger partial charge in [0.05, 0.1) is 5.69 Å². The molecule has 1 aromatic carbocycles. The third kappa shape index (κ3) is 1.84. The number of carbonyl (C=O) groups is 2. The van der Waals surface area contributed by atoms with Crippen molar-refractivity contribution in [2.45, 2.75) is 5.24 Å². The van der Waals surface area contributed by atoms with Gasteiger partial charge in [0.25, 0.3) is 5.12 Å². The van der Waals surface area contributed by atoms with E-state index in [0.29, 0.717) is 5.69 Å². The largest absolute Gasteiger partial charge is 0.327 e. The first-order valence-corrected chi connectivity index (χ1v) is 5.69. The Balaban J connectivity index is 2.48. The lowest BCUT2D eigenvalue weighted by atomic mass is 10.3. The SMILES string of the molecule is COC1(OC)SC(=O)C(=O)N1c1ccccc1. The number of anilines is 1. The van der Waals surface area contributed by atoms with Gasteiger partial charge in [-0.25, -0.2) is 4.90 Å². The van der Waals surface area contributed by atoms with Crippen LogP contribution in [0.3, 0.4) is 0 Å². The Bertz CT molecular complexity index is 444. The highest BCUT2D eigenvalue weighted by atomic mass is 32.2. The van der Waals surface area contributed by atoms with Crippen LogP contribution < -0.4 is 4.90 Å². The van der Waals surface area contributed by atoms with Gasteiger partial charge in [0, 0.05) is 26.0 Å². The van der Waals surface area contributed by atoms with E-state index in [1.165, 1.54) is 19.1 Å². The molecule has 2 rings (SSSR count). The summed E-state index contributed by atoms with van der Waals surface area (Å²) >= 11 is 0.717. The Morgan fingerprint density at radius 3 is 2.24 bits per heavy atom. The van der Waals surface area contributed by atoms with Crippen LogP contribution in [0.25, 0.3) is 0 Å². The number of hydrogen-bond donors (Lipinski definition) is 0. The number of hydrogen-bond acceptors (Lipinski definition) is 5. The number of para-hydroxylation sites is 1. The Morgan fingerprint density at radius 2 is 1.71 bits per heavy atom. The third-order valence-corrected chi connectivity index (χ3v) is 3.54. The standard InChI is InChI=1S/C11H11NO4S/c1-15-11(16-2)12(9(13)10(14)17-11)8-6-4-3-5-7-8/h3-7H,1-2H3. The second-order valence-corrected chi connectivity index (χ2v) is 4.39. The van der Waals surface area contributed by atoms with Crippen molar-refractivity contribution in [1.82, 2.24) is 0 Å². The van der Waals surface area contributed by atoms with E-state index in [1.807, 2.05) is 6.07 Å². The highest BCUT2D eigenvalue weighted by Gasteiger charge is 2.54. The van der Waals surface area contributed by atoms with Crippen molar-refractivity contribution in [3.05, 3.63) is 30.3 Å². The Morgan fingerprint density at radius 1 is 1.12 bits per heavy atom. The third-order valence-electron chi connectivity index (χ3n) is 2.40. The van der Waals surface area contributed by atoms with Crippen LogP contribution in [0.5, 0.6) is 0 Å². The number of benzene rings is 1. The maximum Gasteiger partial charge on any atom is 0.319 e. The zero-order valence-corrected chi connectivity index (χ0v) is 10.2. The van der Waals surface area contributed by atoms with Gasteiger partial charge >= 0.3 is 11.2 Å². The summed E-state index contributed by atoms with van der Waals surface area (Å²) in [5.74, 6) is -0.648. The van der Waals surface area contributed by atoms with Gasteiger partial charge < -0.3 is 9.47 Å². The van der Waals surface area contributed by atoms with Gasteiger partial charge in [0.15, 0.2) is 0 Å². The second kappa shape index (κ2) is 4.48. The number of carbonyl (C=O) groups excluding carboxylic acids is 2. The van der Waals surface area contributed by atoms with Crippen molar-refractivity contribution >= 4 is 28.5 Å². The predicted octanol–water partition coefficient (Wildman–Crippen LogP) is 1.20. The lowest BCUT2D eigenvalue weighted by molar-refractivity contribution is -0.146. The molecule has 1 heterocycles. The molecule has 1 aliphatic heterocycles. The van der Waals surface area contributed by atoms with E-state index in [0.717, 1.165) is 11.8 Å². The number of ether oxygens (including phenoxy) is 2. The Labute approximate surface area is 103 Å². The molecule has 0 aliphatic carbocycles. The molecule has 0 radical (unpaired) electrons. The van der Waals surface area contributed by atoms with Crippen LogP contribution in [-0.2, 0) is 19.1 Å². The molecule has 0 spiro atoms. The van der Waals surface area contributed by atoms with Crippen molar-refractivity contribution in [2.24, 2.45) is 0 Å². The molecule has 5 nitrogen and oxygen atoms in total. The first kappa shape index (κ1) is 12.1. The summed E-state index contributed by atoms with van der Waals surface area (Å²) in [7, 11) is 2.77. The van der Waals surface area contributed by atoms with E-state index in [9.17, 15) is 9.59 Å². The summed E-state index contributed by atoms with van der Waals surface area (Å²) < 4.78 is 10.4. The maximum absolute atomic E-state index is 11.8. The highest BCUT2D eigenvalue weighted by Crippen LogP contribution is 2.41. The minimum absolute atomic E-state index is 0.555. The molecule has 0 bridgehead atoms. The molecule has 90 valence electrons. The first-order valence-electron chi connectivity index (χ1n) is 4.87. The predicted molar refractivity (Wildman–Crippen MR) is 63.3 cm³/mol. The number of amides is 1.